The molecule has 0 saturated carbocycles. The summed E-state index contributed by atoms with van der Waals surface area (Å²) < 4.78 is 0. The number of benzene rings is 1. The van der Waals surface area contributed by atoms with E-state index in [2.05, 4.69) is 6.58 Å². The van der Waals surface area contributed by atoms with Crippen molar-refractivity contribution in [3.8, 4) is 0 Å². The Morgan fingerprint density at radius 3 is 2.40 bits per heavy atom. The molecule has 0 aliphatic rings. The first-order chi connectivity index (χ1) is 7.06. The highest BCUT2D eigenvalue weighted by Gasteiger charge is 2.18. The van der Waals surface area contributed by atoms with E-state index < -0.39 is 9.85 Å². The second-order valence-electron chi connectivity index (χ2n) is 2.45. The summed E-state index contributed by atoms with van der Waals surface area (Å²) in [4.78, 5) is 20.0. The van der Waals surface area contributed by atoms with Crippen LogP contribution in [0.3, 0.4) is 0 Å². The van der Waals surface area contributed by atoms with E-state index >= 15 is 0 Å². The maximum absolute atomic E-state index is 10.6. The van der Waals surface area contributed by atoms with Gasteiger partial charge in [0, 0.05) is 6.07 Å². The molecule has 0 heterocycles. The number of non-ortho nitro benzene ring substituents is 1. The molecule has 15 heavy (non-hydrogen) atoms. The number of nitrogens with zero attached hydrogens (tertiary/aromatic N) is 2. The van der Waals surface area contributed by atoms with Gasteiger partial charge in [-0.2, -0.15) is 0 Å². The number of hydrogen-bond acceptors (Lipinski definition) is 5. The van der Waals surface area contributed by atoms with Gasteiger partial charge < -0.3 is 0 Å². The molecule has 0 amide bonds. The van der Waals surface area contributed by atoms with Gasteiger partial charge in [0.2, 0.25) is 0 Å². The van der Waals surface area contributed by atoms with Crippen LogP contribution in [0.2, 0.25) is 0 Å². The number of nitro groups is 2. The Balaban J connectivity index is 3.26. The highest BCUT2D eigenvalue weighted by molar-refractivity contribution is 8.02. The fraction of sp³-hybridized carbons (Fsp3) is 0. The van der Waals surface area contributed by atoms with Gasteiger partial charge in [-0.1, -0.05) is 18.3 Å². The zero-order valence-electron chi connectivity index (χ0n) is 7.45. The van der Waals surface area contributed by atoms with Gasteiger partial charge in [-0.25, -0.2) is 0 Å². The Bertz CT molecular complexity index is 433. The maximum atomic E-state index is 10.6. The van der Waals surface area contributed by atoms with Gasteiger partial charge in [0.15, 0.2) is 0 Å². The van der Waals surface area contributed by atoms with Gasteiger partial charge in [-0.15, -0.1) is 0 Å². The normalized spacial score (nSPS) is 9.60. The summed E-state index contributed by atoms with van der Waals surface area (Å²) in [5.41, 5.74) is -0.579. The van der Waals surface area contributed by atoms with Crippen LogP contribution in [0.25, 0.3) is 0 Å². The zero-order chi connectivity index (χ0) is 11.4. The minimum Gasteiger partial charge on any atom is -0.258 e. The van der Waals surface area contributed by atoms with Crippen molar-refractivity contribution >= 4 is 23.1 Å². The number of nitro benzene ring substituents is 2. The molecule has 0 aliphatic heterocycles. The molecule has 1 aromatic rings. The van der Waals surface area contributed by atoms with Crippen LogP contribution < -0.4 is 0 Å². The van der Waals surface area contributed by atoms with Crippen LogP contribution >= 0.6 is 11.8 Å². The van der Waals surface area contributed by atoms with E-state index in [1.54, 1.807) is 0 Å². The van der Waals surface area contributed by atoms with Crippen LogP contribution in [0.15, 0.2) is 35.1 Å². The molecule has 0 spiro atoms. The van der Waals surface area contributed by atoms with E-state index in [0.717, 1.165) is 17.8 Å². The largest absolute Gasteiger partial charge is 0.290 e. The summed E-state index contributed by atoms with van der Waals surface area (Å²) in [5.74, 6) is 0. The van der Waals surface area contributed by atoms with Gasteiger partial charge in [0.05, 0.1) is 20.8 Å². The third kappa shape index (κ3) is 2.53. The predicted molar refractivity (Wildman–Crippen MR) is 55.8 cm³/mol. The molecule has 1 aromatic carbocycles. The van der Waals surface area contributed by atoms with Crippen molar-refractivity contribution in [2.75, 3.05) is 0 Å². The molecule has 78 valence electrons. The molecule has 0 saturated heterocycles. The lowest BCUT2D eigenvalue weighted by Gasteiger charge is -1.98. The molecule has 1 rings (SSSR count). The summed E-state index contributed by atoms with van der Waals surface area (Å²) in [6.45, 7) is 3.42. The lowest BCUT2D eigenvalue weighted by molar-refractivity contribution is -0.396. The molecular formula is C8H6N2O4S. The van der Waals surface area contributed by atoms with Crippen molar-refractivity contribution in [3.63, 3.8) is 0 Å². The van der Waals surface area contributed by atoms with E-state index in [-0.39, 0.29) is 11.4 Å². The standard InChI is InChI=1S/C8H6N2O4S/c1-2-15-8-4-3-6(9(11)12)5-7(8)10(13)14/h2-5H,1H2. The Morgan fingerprint density at radius 2 is 1.93 bits per heavy atom. The second kappa shape index (κ2) is 4.56. The van der Waals surface area contributed by atoms with Gasteiger partial charge >= 0.3 is 0 Å². The fourth-order valence-corrected chi connectivity index (χ4v) is 1.53. The topological polar surface area (TPSA) is 86.3 Å². The first-order valence-electron chi connectivity index (χ1n) is 3.76. The average molecular weight is 226 g/mol. The van der Waals surface area contributed by atoms with Crippen LogP contribution in [0, 0.1) is 20.2 Å². The van der Waals surface area contributed by atoms with Crippen molar-refractivity contribution in [2.45, 2.75) is 4.90 Å². The summed E-state index contributed by atoms with van der Waals surface area (Å²) in [6, 6.07) is 3.49. The summed E-state index contributed by atoms with van der Waals surface area (Å²) >= 11 is 1.05. The monoisotopic (exact) mass is 226 g/mol. The number of hydrogen-bond donors (Lipinski definition) is 0. The van der Waals surface area contributed by atoms with Gasteiger partial charge in [0.25, 0.3) is 11.4 Å². The van der Waals surface area contributed by atoms with Crippen LogP contribution in [0.5, 0.6) is 0 Å². The molecule has 0 unspecified atom stereocenters. The first kappa shape index (κ1) is 11.2. The van der Waals surface area contributed by atoms with E-state index in [0.29, 0.717) is 4.90 Å². The lowest BCUT2D eigenvalue weighted by Crippen LogP contribution is -1.93. The summed E-state index contributed by atoms with van der Waals surface area (Å²) in [6.07, 6.45) is 0. The van der Waals surface area contributed by atoms with Crippen molar-refractivity contribution in [1.29, 1.82) is 0 Å². The quantitative estimate of drug-likeness (QED) is 0.447. The van der Waals surface area contributed by atoms with Crippen LogP contribution in [0.4, 0.5) is 11.4 Å². The molecule has 6 nitrogen and oxygen atoms in total. The lowest BCUT2D eigenvalue weighted by atomic mass is 10.3. The SMILES string of the molecule is C=CSc1ccc([N+](=O)[O-])cc1[N+](=O)[O-]. The highest BCUT2D eigenvalue weighted by atomic mass is 32.2. The molecule has 0 atom stereocenters. The van der Waals surface area contributed by atoms with Crippen molar-refractivity contribution < 1.29 is 9.85 Å². The Hall–Kier alpha value is -1.89. The molecule has 0 aliphatic carbocycles. The predicted octanol–water partition coefficient (Wildman–Crippen LogP) is 2.74. The molecule has 0 fully saturated rings. The molecular weight excluding hydrogens is 220 g/mol. The maximum Gasteiger partial charge on any atom is 0.290 e. The van der Waals surface area contributed by atoms with Crippen LogP contribution in [-0.4, -0.2) is 9.85 Å². The van der Waals surface area contributed by atoms with E-state index in [4.69, 9.17) is 0 Å². The molecule has 7 heteroatoms. The first-order valence-corrected chi connectivity index (χ1v) is 4.64. The molecule has 0 bridgehead atoms. The molecule has 0 radical (unpaired) electrons. The van der Waals surface area contributed by atoms with Crippen LogP contribution in [-0.2, 0) is 0 Å². The third-order valence-electron chi connectivity index (χ3n) is 1.56. The van der Waals surface area contributed by atoms with Gasteiger partial charge in [-0.05, 0) is 11.5 Å². The Kier molecular flexibility index (Phi) is 3.40. The summed E-state index contributed by atoms with van der Waals surface area (Å²) in [5, 5.41) is 22.4. The molecule has 0 aromatic heterocycles. The van der Waals surface area contributed by atoms with Crippen molar-refractivity contribution in [3.05, 3.63) is 50.4 Å². The number of rotatable bonds is 4. The molecule has 0 N–H and O–H groups in total. The average Bonchev–Trinajstić information content (AvgIpc) is 2.18. The van der Waals surface area contributed by atoms with Crippen LogP contribution in [0.1, 0.15) is 0 Å². The highest BCUT2D eigenvalue weighted by Crippen LogP contribution is 2.32. The van der Waals surface area contributed by atoms with Crippen molar-refractivity contribution in [2.24, 2.45) is 0 Å². The minimum atomic E-state index is -0.671. The Labute approximate surface area is 88.9 Å². The zero-order valence-corrected chi connectivity index (χ0v) is 8.27. The third-order valence-corrected chi connectivity index (χ3v) is 2.33. The fourth-order valence-electron chi connectivity index (χ4n) is 0.951. The van der Waals surface area contributed by atoms with E-state index in [9.17, 15) is 20.2 Å². The summed E-state index contributed by atoms with van der Waals surface area (Å²) in [7, 11) is 0. The van der Waals surface area contributed by atoms with E-state index in [1.807, 2.05) is 0 Å². The van der Waals surface area contributed by atoms with Crippen molar-refractivity contribution in [1.82, 2.24) is 0 Å². The smallest absolute Gasteiger partial charge is 0.258 e. The van der Waals surface area contributed by atoms with Gasteiger partial charge in [-0.3, -0.25) is 20.2 Å². The van der Waals surface area contributed by atoms with E-state index in [1.165, 1.54) is 17.5 Å². The van der Waals surface area contributed by atoms with Gasteiger partial charge in [0.1, 0.15) is 0 Å². The second-order valence-corrected chi connectivity index (χ2v) is 3.46. The Morgan fingerprint density at radius 1 is 1.27 bits per heavy atom. The minimum absolute atomic E-state index is 0.283. The number of thioether (sulfide) groups is 1.